The van der Waals surface area contributed by atoms with Crippen LogP contribution < -0.4 is 5.32 Å². The lowest BCUT2D eigenvalue weighted by atomic mass is 10.2. The van der Waals surface area contributed by atoms with Gasteiger partial charge >= 0.3 is 0 Å². The Morgan fingerprint density at radius 1 is 1.18 bits per heavy atom. The summed E-state index contributed by atoms with van der Waals surface area (Å²) in [7, 11) is 1.83. The molecule has 2 rings (SSSR count). The van der Waals surface area contributed by atoms with Crippen molar-refractivity contribution in [2.45, 2.75) is 27.3 Å². The number of aromatic nitrogens is 4. The highest BCUT2D eigenvalue weighted by molar-refractivity contribution is 5.29. The first-order chi connectivity index (χ1) is 8.11. The molecule has 2 aromatic rings. The van der Waals surface area contributed by atoms with Crippen LogP contribution in [0.1, 0.15) is 22.6 Å². The van der Waals surface area contributed by atoms with Crippen LogP contribution in [0.15, 0.2) is 12.4 Å². The van der Waals surface area contributed by atoms with Gasteiger partial charge in [-0.2, -0.15) is 5.10 Å². The van der Waals surface area contributed by atoms with Crippen LogP contribution in [0.5, 0.6) is 0 Å². The normalized spacial score (nSPS) is 10.6. The van der Waals surface area contributed by atoms with Crippen molar-refractivity contribution in [2.24, 2.45) is 0 Å². The van der Waals surface area contributed by atoms with E-state index < -0.39 is 0 Å². The molecule has 0 atom stereocenters. The molecule has 2 heterocycles. The van der Waals surface area contributed by atoms with Gasteiger partial charge in [0.2, 0.25) is 0 Å². The zero-order valence-electron chi connectivity index (χ0n) is 10.7. The van der Waals surface area contributed by atoms with Crippen LogP contribution in [0.3, 0.4) is 0 Å². The molecule has 0 unspecified atom stereocenters. The Kier molecular flexibility index (Phi) is 3.08. The van der Waals surface area contributed by atoms with Gasteiger partial charge in [0.15, 0.2) is 0 Å². The molecule has 0 aromatic carbocycles. The summed E-state index contributed by atoms with van der Waals surface area (Å²) in [4.78, 5) is 8.58. The minimum absolute atomic E-state index is 0.664. The van der Waals surface area contributed by atoms with Gasteiger partial charge in [-0.25, -0.2) is 4.98 Å². The highest BCUT2D eigenvalue weighted by Crippen LogP contribution is 2.12. The van der Waals surface area contributed by atoms with Crippen molar-refractivity contribution >= 4 is 5.82 Å². The molecule has 0 spiro atoms. The van der Waals surface area contributed by atoms with Gasteiger partial charge in [0, 0.05) is 12.7 Å². The van der Waals surface area contributed by atoms with E-state index in [-0.39, 0.29) is 0 Å². The molecule has 0 aliphatic heterocycles. The van der Waals surface area contributed by atoms with Gasteiger partial charge < -0.3 is 5.32 Å². The minimum Gasteiger partial charge on any atom is -0.372 e. The van der Waals surface area contributed by atoms with Crippen LogP contribution >= 0.6 is 0 Å². The van der Waals surface area contributed by atoms with Gasteiger partial charge in [0.05, 0.1) is 30.3 Å². The number of aryl methyl sites for hydroxylation is 1. The smallest absolute Gasteiger partial charge is 0.144 e. The van der Waals surface area contributed by atoms with Gasteiger partial charge in [-0.15, -0.1) is 0 Å². The van der Waals surface area contributed by atoms with Crippen molar-refractivity contribution < 1.29 is 0 Å². The maximum Gasteiger partial charge on any atom is 0.144 e. The number of anilines is 1. The second-order valence-corrected chi connectivity index (χ2v) is 4.10. The molecule has 0 saturated carbocycles. The van der Waals surface area contributed by atoms with E-state index in [0.29, 0.717) is 6.54 Å². The van der Waals surface area contributed by atoms with Gasteiger partial charge in [0.1, 0.15) is 5.82 Å². The lowest BCUT2D eigenvalue weighted by Crippen LogP contribution is -2.06. The Hall–Kier alpha value is -1.91. The number of hydrogen-bond acceptors (Lipinski definition) is 4. The summed E-state index contributed by atoms with van der Waals surface area (Å²) in [5, 5.41) is 7.43. The van der Waals surface area contributed by atoms with Crippen molar-refractivity contribution in [3.63, 3.8) is 0 Å². The average Bonchev–Trinajstić information content (AvgIpc) is 2.58. The lowest BCUT2D eigenvalue weighted by molar-refractivity contribution is 0.644. The lowest BCUT2D eigenvalue weighted by Gasteiger charge is -2.04. The summed E-state index contributed by atoms with van der Waals surface area (Å²) in [6.07, 6.45) is 3.51. The highest BCUT2D eigenvalue weighted by Gasteiger charge is 2.08. The summed E-state index contributed by atoms with van der Waals surface area (Å²) < 4.78 is 1.97. The molecule has 0 fully saturated rings. The van der Waals surface area contributed by atoms with Crippen molar-refractivity contribution in [1.29, 1.82) is 0 Å². The molecule has 5 heteroatoms. The summed E-state index contributed by atoms with van der Waals surface area (Å²) in [5.74, 6) is 0.776. The van der Waals surface area contributed by atoms with E-state index >= 15 is 0 Å². The van der Waals surface area contributed by atoms with Crippen molar-refractivity contribution in [2.75, 3.05) is 12.4 Å². The third-order valence-electron chi connectivity index (χ3n) is 3.02. The van der Waals surface area contributed by atoms with Gasteiger partial charge in [-0.3, -0.25) is 9.67 Å². The molecule has 5 nitrogen and oxygen atoms in total. The second kappa shape index (κ2) is 4.53. The van der Waals surface area contributed by atoms with E-state index in [4.69, 9.17) is 0 Å². The zero-order valence-corrected chi connectivity index (χ0v) is 10.7. The summed E-state index contributed by atoms with van der Waals surface area (Å²) in [5.41, 5.74) is 4.41. The maximum atomic E-state index is 4.48. The molecule has 0 saturated heterocycles. The Morgan fingerprint density at radius 2 is 1.94 bits per heavy atom. The molecule has 17 heavy (non-hydrogen) atoms. The Labute approximate surface area is 101 Å². The molecule has 0 aliphatic carbocycles. The monoisotopic (exact) mass is 231 g/mol. The molecular weight excluding hydrogens is 214 g/mol. The van der Waals surface area contributed by atoms with Crippen LogP contribution in [-0.2, 0) is 6.54 Å². The highest BCUT2D eigenvalue weighted by atomic mass is 15.3. The first-order valence-electron chi connectivity index (χ1n) is 5.61. The first kappa shape index (κ1) is 11.6. The standard InChI is InChI=1S/C12H17N5/c1-8-9(2)16-17(10(8)3)7-11-5-15-12(13-4)6-14-11/h5-6H,7H2,1-4H3,(H,13,15). The predicted octanol–water partition coefficient (Wildman–Crippen LogP) is 1.69. The Morgan fingerprint density at radius 3 is 2.41 bits per heavy atom. The molecule has 1 N–H and O–H groups in total. The number of hydrogen-bond donors (Lipinski definition) is 1. The van der Waals surface area contributed by atoms with E-state index in [1.54, 1.807) is 12.4 Å². The molecule has 0 bridgehead atoms. The summed E-state index contributed by atoms with van der Waals surface area (Å²) in [6, 6.07) is 0. The molecule has 0 amide bonds. The van der Waals surface area contributed by atoms with Crippen molar-refractivity contribution in [1.82, 2.24) is 19.7 Å². The fourth-order valence-corrected chi connectivity index (χ4v) is 1.66. The van der Waals surface area contributed by atoms with Gasteiger partial charge in [0.25, 0.3) is 0 Å². The van der Waals surface area contributed by atoms with E-state index in [0.717, 1.165) is 17.2 Å². The molecular formula is C12H17N5. The van der Waals surface area contributed by atoms with Crippen LogP contribution in [-0.4, -0.2) is 26.8 Å². The topological polar surface area (TPSA) is 55.6 Å². The third kappa shape index (κ3) is 2.27. The Balaban J connectivity index is 2.22. The molecule has 90 valence electrons. The van der Waals surface area contributed by atoms with Gasteiger partial charge in [-0.1, -0.05) is 0 Å². The number of nitrogens with one attached hydrogen (secondary N) is 1. The van der Waals surface area contributed by atoms with Crippen LogP contribution in [0.4, 0.5) is 5.82 Å². The quantitative estimate of drug-likeness (QED) is 0.873. The zero-order chi connectivity index (χ0) is 12.4. The predicted molar refractivity (Wildman–Crippen MR) is 67.1 cm³/mol. The van der Waals surface area contributed by atoms with Crippen molar-refractivity contribution in [3.8, 4) is 0 Å². The van der Waals surface area contributed by atoms with Crippen molar-refractivity contribution in [3.05, 3.63) is 35.0 Å². The maximum absolute atomic E-state index is 4.48. The third-order valence-corrected chi connectivity index (χ3v) is 3.02. The van der Waals surface area contributed by atoms with Gasteiger partial charge in [-0.05, 0) is 26.3 Å². The van der Waals surface area contributed by atoms with Crippen LogP contribution in [0.2, 0.25) is 0 Å². The van der Waals surface area contributed by atoms with E-state index in [9.17, 15) is 0 Å². The van der Waals surface area contributed by atoms with E-state index in [1.165, 1.54) is 11.3 Å². The first-order valence-corrected chi connectivity index (χ1v) is 5.61. The number of nitrogens with zero attached hydrogens (tertiary/aromatic N) is 4. The largest absolute Gasteiger partial charge is 0.372 e. The van der Waals surface area contributed by atoms with Crippen LogP contribution in [0, 0.1) is 20.8 Å². The molecule has 0 radical (unpaired) electrons. The summed E-state index contributed by atoms with van der Waals surface area (Å²) >= 11 is 0. The number of rotatable bonds is 3. The fraction of sp³-hybridized carbons (Fsp3) is 0.417. The fourth-order valence-electron chi connectivity index (χ4n) is 1.66. The Bertz CT molecular complexity index is 512. The average molecular weight is 231 g/mol. The minimum atomic E-state index is 0.664. The van der Waals surface area contributed by atoms with Crippen LogP contribution in [0.25, 0.3) is 0 Å². The molecule has 2 aromatic heterocycles. The summed E-state index contributed by atoms with van der Waals surface area (Å²) in [6.45, 7) is 6.85. The van der Waals surface area contributed by atoms with E-state index in [2.05, 4.69) is 34.2 Å². The SMILES string of the molecule is CNc1cnc(Cn2nc(C)c(C)c2C)cn1. The molecule has 0 aliphatic rings. The second-order valence-electron chi connectivity index (χ2n) is 4.10. The van der Waals surface area contributed by atoms with E-state index in [1.807, 2.05) is 18.7 Å².